The van der Waals surface area contributed by atoms with Gasteiger partial charge < -0.3 is 0 Å². The lowest BCUT2D eigenvalue weighted by Crippen LogP contribution is -2.30. The second kappa shape index (κ2) is 5.11. The Morgan fingerprint density at radius 1 is 0.889 bits per heavy atom. The van der Waals surface area contributed by atoms with Crippen molar-refractivity contribution in [2.45, 2.75) is 59.0 Å². The largest absolute Gasteiger partial charge is 0.233 e. The molecule has 0 unspecified atom stereocenters. The van der Waals surface area contributed by atoms with Crippen molar-refractivity contribution in [1.82, 2.24) is 0 Å². The van der Waals surface area contributed by atoms with Gasteiger partial charge in [-0.3, -0.25) is 0 Å². The Hall–Kier alpha value is -0.713. The minimum atomic E-state index is -3.53. The van der Waals surface area contributed by atoms with Crippen LogP contribution in [-0.4, -0.2) is 21.2 Å². The molecule has 0 bridgehead atoms. The summed E-state index contributed by atoms with van der Waals surface area (Å²) >= 11 is 0. The molecule has 0 N–H and O–H groups in total. The highest BCUT2D eigenvalue weighted by Crippen LogP contribution is 2.18. The van der Waals surface area contributed by atoms with Gasteiger partial charge in [0.2, 0.25) is 9.84 Å². The third-order valence-corrected chi connectivity index (χ3v) is 4.66. The third kappa shape index (κ3) is 6.28. The van der Waals surface area contributed by atoms with Gasteiger partial charge in [-0.2, -0.15) is 0 Å². The van der Waals surface area contributed by atoms with E-state index in [0.717, 1.165) is 0 Å². The predicted molar refractivity (Wildman–Crippen MR) is 81.4 cm³/mol. The molecule has 0 rings (SSSR count). The molecule has 2 nitrogen and oxygen atoms in total. The van der Waals surface area contributed by atoms with Crippen molar-refractivity contribution in [2.24, 2.45) is 5.41 Å². The summed E-state index contributed by atoms with van der Waals surface area (Å²) in [6.45, 7) is 15.2. The van der Waals surface area contributed by atoms with Crippen molar-refractivity contribution in [3.63, 3.8) is 0 Å². The molecule has 102 valence electrons. The van der Waals surface area contributed by atoms with Crippen LogP contribution in [0.1, 0.15) is 34.6 Å². The monoisotopic (exact) mass is 284 g/mol. The number of hydrogen-bond acceptors (Lipinski definition) is 2. The van der Waals surface area contributed by atoms with Crippen LogP contribution in [0, 0.1) is 28.1 Å². The van der Waals surface area contributed by atoms with E-state index in [0.29, 0.717) is 0 Å². The molecule has 0 heterocycles. The fourth-order valence-electron chi connectivity index (χ4n) is 0.753. The first kappa shape index (κ1) is 17.3. The van der Waals surface area contributed by atoms with E-state index >= 15 is 0 Å². The van der Waals surface area contributed by atoms with Crippen molar-refractivity contribution in [3.8, 4) is 22.6 Å². The zero-order chi connectivity index (χ0) is 14.8. The van der Waals surface area contributed by atoms with Crippen LogP contribution in [0.4, 0.5) is 0 Å². The molecule has 0 aromatic carbocycles. The Kier molecular flexibility index (Phi) is 4.91. The molecule has 0 aliphatic heterocycles. The molecule has 0 fully saturated rings. The summed E-state index contributed by atoms with van der Waals surface area (Å²) in [6, 6.07) is 0. The van der Waals surface area contributed by atoms with E-state index in [1.54, 1.807) is 13.8 Å². The fraction of sp³-hybridized carbons (Fsp3) is 0.714. The maximum atomic E-state index is 12.2. The zero-order valence-electron chi connectivity index (χ0n) is 12.7. The molecule has 0 spiro atoms. The summed E-state index contributed by atoms with van der Waals surface area (Å²) in [5.41, 5.74) is 2.78. The first-order chi connectivity index (χ1) is 7.66. The van der Waals surface area contributed by atoms with Gasteiger partial charge in [0.1, 0.15) is 12.8 Å². The normalized spacial score (nSPS) is 13.1. The maximum Gasteiger partial charge on any atom is 0.233 e. The minimum absolute atomic E-state index is 0.324. The highest BCUT2D eigenvalue weighted by atomic mass is 32.2. The van der Waals surface area contributed by atoms with E-state index in [4.69, 9.17) is 0 Å². The molecule has 0 saturated heterocycles. The van der Waals surface area contributed by atoms with Gasteiger partial charge >= 0.3 is 0 Å². The topological polar surface area (TPSA) is 34.1 Å². The molecule has 18 heavy (non-hydrogen) atoms. The number of rotatable bonds is 1. The molecular weight excluding hydrogens is 260 g/mol. The third-order valence-electron chi connectivity index (χ3n) is 1.97. The molecule has 0 amide bonds. The van der Waals surface area contributed by atoms with Crippen LogP contribution in [-0.2, 0) is 9.84 Å². The second-order valence-electron chi connectivity index (χ2n) is 6.99. The van der Waals surface area contributed by atoms with Crippen LogP contribution in [0.3, 0.4) is 0 Å². The lowest BCUT2D eigenvalue weighted by Gasteiger charge is -2.16. The van der Waals surface area contributed by atoms with Gasteiger partial charge in [-0.15, -0.1) is 5.54 Å². The summed E-state index contributed by atoms with van der Waals surface area (Å²) in [5.74, 6) is 5.67. The lowest BCUT2D eigenvalue weighted by molar-refractivity contribution is 0.568. The maximum absolute atomic E-state index is 12.2. The first-order valence-corrected chi connectivity index (χ1v) is 11.0. The standard InChI is InChI=1S/C14H24O2SSi/c1-13(2,3)9-11-17(15,16)14(4,5)10-12-18(6,7)8/h1-8H3. The average Bonchev–Trinajstić information content (AvgIpc) is 2.10. The van der Waals surface area contributed by atoms with Crippen molar-refractivity contribution in [1.29, 1.82) is 0 Å². The van der Waals surface area contributed by atoms with Crippen molar-refractivity contribution in [3.05, 3.63) is 0 Å². The number of sulfone groups is 1. The lowest BCUT2D eigenvalue weighted by atomic mass is 9.99. The quantitative estimate of drug-likeness (QED) is 0.421. The first-order valence-electron chi connectivity index (χ1n) is 5.99. The van der Waals surface area contributed by atoms with Gasteiger partial charge in [0, 0.05) is 10.7 Å². The van der Waals surface area contributed by atoms with Gasteiger partial charge in [0.15, 0.2) is 0 Å². The van der Waals surface area contributed by atoms with E-state index in [9.17, 15) is 8.42 Å². The van der Waals surface area contributed by atoms with Gasteiger partial charge in [0.05, 0.1) is 0 Å². The molecule has 0 saturated carbocycles. The van der Waals surface area contributed by atoms with E-state index in [1.165, 1.54) is 0 Å². The van der Waals surface area contributed by atoms with Crippen LogP contribution in [0.25, 0.3) is 0 Å². The molecule has 0 aliphatic carbocycles. The molecule has 0 aromatic heterocycles. The van der Waals surface area contributed by atoms with Crippen molar-refractivity contribution in [2.75, 3.05) is 0 Å². The Bertz CT molecular complexity index is 521. The van der Waals surface area contributed by atoms with Crippen LogP contribution < -0.4 is 0 Å². The van der Waals surface area contributed by atoms with Crippen LogP contribution in [0.2, 0.25) is 19.6 Å². The second-order valence-corrected chi connectivity index (χ2v) is 14.0. The van der Waals surface area contributed by atoms with E-state index in [2.05, 4.69) is 42.3 Å². The number of hydrogen-bond donors (Lipinski definition) is 0. The summed E-state index contributed by atoms with van der Waals surface area (Å²) < 4.78 is 23.2. The summed E-state index contributed by atoms with van der Waals surface area (Å²) in [6.07, 6.45) is 0. The molecular formula is C14H24O2SSi. The van der Waals surface area contributed by atoms with Gasteiger partial charge in [-0.1, -0.05) is 31.5 Å². The van der Waals surface area contributed by atoms with Gasteiger partial charge in [0.25, 0.3) is 0 Å². The van der Waals surface area contributed by atoms with E-state index in [1.807, 2.05) is 20.8 Å². The summed E-state index contributed by atoms with van der Waals surface area (Å²) in [7, 11) is -5.11. The van der Waals surface area contributed by atoms with Gasteiger partial charge in [-0.05, 0) is 34.6 Å². The Balaban J connectivity index is 5.46. The average molecular weight is 284 g/mol. The fourth-order valence-corrected chi connectivity index (χ4v) is 2.41. The van der Waals surface area contributed by atoms with Crippen molar-refractivity contribution < 1.29 is 8.42 Å². The van der Waals surface area contributed by atoms with Crippen LogP contribution in [0.5, 0.6) is 0 Å². The zero-order valence-corrected chi connectivity index (χ0v) is 14.5. The Morgan fingerprint density at radius 2 is 1.33 bits per heavy atom. The van der Waals surface area contributed by atoms with Gasteiger partial charge in [-0.25, -0.2) is 8.42 Å². The van der Waals surface area contributed by atoms with E-state index < -0.39 is 22.7 Å². The van der Waals surface area contributed by atoms with Crippen LogP contribution in [0.15, 0.2) is 0 Å². The smallest absolute Gasteiger partial charge is 0.214 e. The SMILES string of the molecule is CC(C)(C)C#CS(=O)(=O)C(C)(C)C#C[Si](C)(C)C. The Morgan fingerprint density at radius 3 is 1.67 bits per heavy atom. The van der Waals surface area contributed by atoms with E-state index in [-0.39, 0.29) is 5.41 Å². The summed E-state index contributed by atoms with van der Waals surface area (Å²) in [4.78, 5) is 0. The molecule has 0 radical (unpaired) electrons. The van der Waals surface area contributed by atoms with Crippen LogP contribution >= 0.6 is 0 Å². The molecule has 0 atom stereocenters. The van der Waals surface area contributed by atoms with Crippen molar-refractivity contribution >= 4 is 17.9 Å². The molecule has 0 aromatic rings. The Labute approximate surface area is 113 Å². The summed E-state index contributed by atoms with van der Waals surface area (Å²) in [5, 5.41) is 2.41. The minimum Gasteiger partial charge on any atom is -0.214 e. The molecule has 4 heteroatoms. The molecule has 0 aliphatic rings. The highest BCUT2D eigenvalue weighted by molar-refractivity contribution is 7.97. The highest BCUT2D eigenvalue weighted by Gasteiger charge is 2.31. The predicted octanol–water partition coefficient (Wildman–Crippen LogP) is 3.07.